The summed E-state index contributed by atoms with van der Waals surface area (Å²) in [6.07, 6.45) is 12.4. The van der Waals surface area contributed by atoms with E-state index in [1.165, 1.54) is 32.1 Å². The van der Waals surface area contributed by atoms with Crippen LogP contribution in [0.1, 0.15) is 91.4 Å². The molecule has 0 aliphatic carbocycles. The maximum Gasteiger partial charge on any atom is 0.306 e. The summed E-state index contributed by atoms with van der Waals surface area (Å²) in [6, 6.07) is 0. The van der Waals surface area contributed by atoms with Crippen LogP contribution >= 0.6 is 0 Å². The Morgan fingerprint density at radius 3 is 2.11 bits per heavy atom. The van der Waals surface area contributed by atoms with Gasteiger partial charge in [0.15, 0.2) is 0 Å². The first-order chi connectivity index (χ1) is 8.74. The van der Waals surface area contributed by atoms with Crippen LogP contribution < -0.4 is 0 Å². The summed E-state index contributed by atoms with van der Waals surface area (Å²) in [5.74, 6) is 0.00357. The second-order valence-corrected chi connectivity index (χ2v) is 5.18. The van der Waals surface area contributed by atoms with Crippen LogP contribution in [0.25, 0.3) is 0 Å². The maximum atomic E-state index is 11.6. The molecule has 0 heterocycles. The molecule has 0 aliphatic rings. The van der Waals surface area contributed by atoms with E-state index in [1.54, 1.807) is 0 Å². The molecule has 0 fully saturated rings. The van der Waals surface area contributed by atoms with Crippen molar-refractivity contribution < 1.29 is 9.53 Å². The predicted molar refractivity (Wildman–Crippen MR) is 77.7 cm³/mol. The lowest BCUT2D eigenvalue weighted by Crippen LogP contribution is -2.17. The number of rotatable bonds is 12. The highest BCUT2D eigenvalue weighted by atomic mass is 16.5. The molecule has 0 spiro atoms. The minimum Gasteiger partial charge on any atom is -0.462 e. The van der Waals surface area contributed by atoms with E-state index in [2.05, 4.69) is 20.8 Å². The minimum absolute atomic E-state index is 0.00357. The topological polar surface area (TPSA) is 26.3 Å². The Morgan fingerprint density at radius 2 is 1.50 bits per heavy atom. The van der Waals surface area contributed by atoms with Crippen molar-refractivity contribution in [1.82, 2.24) is 0 Å². The second-order valence-electron chi connectivity index (χ2n) is 5.18. The number of hydrogen-bond donors (Lipinski definition) is 0. The smallest absolute Gasteiger partial charge is 0.306 e. The van der Waals surface area contributed by atoms with Crippen molar-refractivity contribution in [3.8, 4) is 0 Å². The summed E-state index contributed by atoms with van der Waals surface area (Å²) >= 11 is 0. The number of carbonyl (C=O) groups excluding carboxylic acids is 1. The van der Waals surface area contributed by atoms with Gasteiger partial charge in [-0.05, 0) is 25.7 Å². The predicted octanol–water partition coefficient (Wildman–Crippen LogP) is 5.25. The quantitative estimate of drug-likeness (QED) is 0.352. The standard InChI is InChI=1S/C16H32O2/c1-4-7-9-10-12-13-15(6-3)18-16(17)14-11-8-5-2/h15H,4-14H2,1-3H3. The molecule has 0 aliphatic heterocycles. The molecule has 1 atom stereocenters. The van der Waals surface area contributed by atoms with Gasteiger partial charge in [-0.15, -0.1) is 0 Å². The summed E-state index contributed by atoms with van der Waals surface area (Å²) in [4.78, 5) is 11.6. The van der Waals surface area contributed by atoms with E-state index in [1.807, 2.05) is 0 Å². The van der Waals surface area contributed by atoms with Crippen molar-refractivity contribution in [1.29, 1.82) is 0 Å². The average molecular weight is 256 g/mol. The van der Waals surface area contributed by atoms with Crippen molar-refractivity contribution in [2.45, 2.75) is 97.5 Å². The van der Waals surface area contributed by atoms with Crippen molar-refractivity contribution in [3.05, 3.63) is 0 Å². The molecule has 1 unspecified atom stereocenters. The van der Waals surface area contributed by atoms with E-state index in [0.29, 0.717) is 6.42 Å². The van der Waals surface area contributed by atoms with Crippen LogP contribution in [0.15, 0.2) is 0 Å². The van der Waals surface area contributed by atoms with Crippen LogP contribution in [0.3, 0.4) is 0 Å². The zero-order chi connectivity index (χ0) is 13.6. The van der Waals surface area contributed by atoms with Gasteiger partial charge in [0, 0.05) is 6.42 Å². The third kappa shape index (κ3) is 10.6. The van der Waals surface area contributed by atoms with Gasteiger partial charge >= 0.3 is 5.97 Å². The Labute approximate surface area is 113 Å². The summed E-state index contributed by atoms with van der Waals surface area (Å²) in [5, 5.41) is 0. The van der Waals surface area contributed by atoms with Gasteiger partial charge in [-0.1, -0.05) is 59.3 Å². The fraction of sp³-hybridized carbons (Fsp3) is 0.938. The highest BCUT2D eigenvalue weighted by Crippen LogP contribution is 2.13. The monoisotopic (exact) mass is 256 g/mol. The SMILES string of the molecule is CCCCCCCC(CC)OC(=O)CCCCC. The van der Waals surface area contributed by atoms with E-state index in [9.17, 15) is 4.79 Å². The molecule has 0 saturated carbocycles. The molecule has 0 aromatic carbocycles. The first-order valence-electron chi connectivity index (χ1n) is 7.94. The zero-order valence-corrected chi connectivity index (χ0v) is 12.7. The number of unbranched alkanes of at least 4 members (excludes halogenated alkanes) is 6. The van der Waals surface area contributed by atoms with Crippen LogP contribution in [0.5, 0.6) is 0 Å². The highest BCUT2D eigenvalue weighted by Gasteiger charge is 2.11. The molecule has 0 saturated heterocycles. The average Bonchev–Trinajstić information content (AvgIpc) is 2.37. The Bertz CT molecular complexity index is 190. The van der Waals surface area contributed by atoms with Gasteiger partial charge in [-0.3, -0.25) is 4.79 Å². The molecule has 0 radical (unpaired) electrons. The van der Waals surface area contributed by atoms with E-state index < -0.39 is 0 Å². The molecule has 0 rings (SSSR count). The van der Waals surface area contributed by atoms with E-state index in [4.69, 9.17) is 4.74 Å². The molecule has 0 amide bonds. The van der Waals surface area contributed by atoms with Gasteiger partial charge in [0.1, 0.15) is 6.10 Å². The van der Waals surface area contributed by atoms with Gasteiger partial charge < -0.3 is 4.74 Å². The number of ether oxygens (including phenoxy) is 1. The largest absolute Gasteiger partial charge is 0.462 e. The Balaban J connectivity index is 3.58. The van der Waals surface area contributed by atoms with Crippen molar-refractivity contribution in [2.75, 3.05) is 0 Å². The second kappa shape index (κ2) is 12.9. The fourth-order valence-corrected chi connectivity index (χ4v) is 2.09. The molecule has 0 N–H and O–H groups in total. The first kappa shape index (κ1) is 17.5. The van der Waals surface area contributed by atoms with Crippen LogP contribution in [0.4, 0.5) is 0 Å². The van der Waals surface area contributed by atoms with E-state index in [-0.39, 0.29) is 12.1 Å². The third-order valence-electron chi connectivity index (χ3n) is 3.37. The van der Waals surface area contributed by atoms with Crippen LogP contribution in [-0.4, -0.2) is 12.1 Å². The summed E-state index contributed by atoms with van der Waals surface area (Å²) in [6.45, 7) is 6.49. The van der Waals surface area contributed by atoms with E-state index >= 15 is 0 Å². The van der Waals surface area contributed by atoms with Crippen LogP contribution in [0, 0.1) is 0 Å². The molecule has 0 aromatic heterocycles. The van der Waals surface area contributed by atoms with Gasteiger partial charge in [0.25, 0.3) is 0 Å². The molecule has 2 heteroatoms. The lowest BCUT2D eigenvalue weighted by molar-refractivity contribution is -0.149. The number of esters is 1. The summed E-state index contributed by atoms with van der Waals surface area (Å²) in [7, 11) is 0. The van der Waals surface area contributed by atoms with Crippen LogP contribution in [-0.2, 0) is 9.53 Å². The van der Waals surface area contributed by atoms with Gasteiger partial charge in [0.05, 0.1) is 0 Å². The van der Waals surface area contributed by atoms with Crippen molar-refractivity contribution in [2.24, 2.45) is 0 Å². The lowest BCUT2D eigenvalue weighted by atomic mass is 10.1. The molecule has 108 valence electrons. The van der Waals surface area contributed by atoms with Crippen molar-refractivity contribution >= 4 is 5.97 Å². The molecule has 0 aromatic rings. The fourth-order valence-electron chi connectivity index (χ4n) is 2.09. The van der Waals surface area contributed by atoms with Gasteiger partial charge in [0.2, 0.25) is 0 Å². The third-order valence-corrected chi connectivity index (χ3v) is 3.37. The molecular formula is C16H32O2. The number of hydrogen-bond acceptors (Lipinski definition) is 2. The Kier molecular flexibility index (Phi) is 12.5. The Hall–Kier alpha value is -0.530. The van der Waals surface area contributed by atoms with Crippen LogP contribution in [0.2, 0.25) is 0 Å². The maximum absolute atomic E-state index is 11.6. The normalized spacial score (nSPS) is 12.4. The first-order valence-corrected chi connectivity index (χ1v) is 7.94. The van der Waals surface area contributed by atoms with Gasteiger partial charge in [-0.25, -0.2) is 0 Å². The summed E-state index contributed by atoms with van der Waals surface area (Å²) in [5.41, 5.74) is 0. The Morgan fingerprint density at radius 1 is 0.889 bits per heavy atom. The zero-order valence-electron chi connectivity index (χ0n) is 12.7. The molecule has 18 heavy (non-hydrogen) atoms. The van der Waals surface area contributed by atoms with E-state index in [0.717, 1.165) is 32.1 Å². The number of carbonyl (C=O) groups is 1. The molecular weight excluding hydrogens is 224 g/mol. The molecule has 0 bridgehead atoms. The van der Waals surface area contributed by atoms with Gasteiger partial charge in [-0.2, -0.15) is 0 Å². The summed E-state index contributed by atoms with van der Waals surface area (Å²) < 4.78 is 5.51. The lowest BCUT2D eigenvalue weighted by Gasteiger charge is -2.16. The highest BCUT2D eigenvalue weighted by molar-refractivity contribution is 5.69. The molecule has 2 nitrogen and oxygen atoms in total. The van der Waals surface area contributed by atoms with Crippen molar-refractivity contribution in [3.63, 3.8) is 0 Å². The minimum atomic E-state index is 0.00357.